The maximum absolute atomic E-state index is 11.7. The maximum atomic E-state index is 11.7. The highest BCUT2D eigenvalue weighted by atomic mass is 32.1. The zero-order valence-corrected chi connectivity index (χ0v) is 51.0. The lowest BCUT2D eigenvalue weighted by Gasteiger charge is -2.47. The molecule has 0 bridgehead atoms. The molecule has 7 heteroatoms. The molecule has 5 heterocycles. The third-order valence-electron chi connectivity index (χ3n) is 16.0. The molecule has 0 N–H and O–H groups in total. The molecular formula is C82H74BN5S. The lowest BCUT2D eigenvalue weighted by atomic mass is 9.33. The minimum absolute atomic E-state index is 0.0427. The van der Waals surface area contributed by atoms with Gasteiger partial charge in [-0.15, -0.1) is 11.3 Å². The van der Waals surface area contributed by atoms with Gasteiger partial charge < -0.3 is 24.2 Å². The molecule has 5 nitrogen and oxygen atoms in total. The SMILES string of the molecule is [2H]c1c([2H])c([2H])c(N(c2c([2H])c([2H])c([2H])c([2H])c2[2H])c2c([2H])c3c4c(c2[2H])N2c5c(c([2H])c([2H])c([2H])c5-n5c6c([2H])c([2H])c(C(C)(C)C)c([2H])c6c6c([2H])c(C(C)(C)C)c([2H])c2c65)B4c2c([2H])c([2H])c(N(c4c([2H])c([2H])c(C(C)(C)C)c([2H])c4[2H])c4c([2H])c([2H])c(C(C)(C)C)c([2H])c4[2H])c([2H])c2N3c2c([2H])c([2H])c([2H])c3c2sc2c([2H])c([2H])c([2H])c([2H])c23)c([2H])c1[2H]. The minimum Gasteiger partial charge on any atom is -0.310 e. The topological polar surface area (TPSA) is 17.9 Å². The Labute approximate surface area is 582 Å². The Hall–Kier alpha value is -9.30. The number of anilines is 12. The van der Waals surface area contributed by atoms with E-state index in [4.69, 9.17) is 5.48 Å². The van der Waals surface area contributed by atoms with Gasteiger partial charge in [0.1, 0.15) is 0 Å². The van der Waals surface area contributed by atoms with Gasteiger partial charge >= 0.3 is 0 Å². The summed E-state index contributed by atoms with van der Waals surface area (Å²) in [4.78, 5) is 2.73. The van der Waals surface area contributed by atoms with Gasteiger partial charge in [-0.2, -0.15) is 0 Å². The molecule has 13 aromatic rings. The van der Waals surface area contributed by atoms with Crippen molar-refractivity contribution in [3.8, 4) is 5.69 Å². The van der Waals surface area contributed by atoms with E-state index in [1.54, 1.807) is 83.1 Å². The summed E-state index contributed by atoms with van der Waals surface area (Å²) in [6.07, 6.45) is 0. The van der Waals surface area contributed by atoms with E-state index in [1.807, 2.05) is 0 Å². The van der Waals surface area contributed by atoms with Crippen molar-refractivity contribution in [2.45, 2.75) is 105 Å². The van der Waals surface area contributed by atoms with Crippen LogP contribution in [-0.2, 0) is 21.7 Å². The molecular weight excluding hydrogens is 1100 g/mol. The summed E-state index contributed by atoms with van der Waals surface area (Å²) in [5.41, 5.74) is -21.2. The molecule has 0 unspecified atom stereocenters. The number of hydrogen-bond donors (Lipinski definition) is 0. The Morgan fingerprint density at radius 1 is 0.348 bits per heavy atom. The molecule has 0 saturated carbocycles. The molecule has 0 atom stereocenters. The lowest BCUT2D eigenvalue weighted by Crippen LogP contribution is -2.61. The summed E-state index contributed by atoms with van der Waals surface area (Å²) in [6.45, 7) is 16.8. The van der Waals surface area contributed by atoms with Crippen LogP contribution >= 0.6 is 11.3 Å². The summed E-state index contributed by atoms with van der Waals surface area (Å²) in [6, 6.07) is -38.2. The van der Waals surface area contributed by atoms with Crippen molar-refractivity contribution in [1.82, 2.24) is 4.57 Å². The van der Waals surface area contributed by atoms with E-state index in [1.165, 1.54) is 0 Å². The van der Waals surface area contributed by atoms with Gasteiger partial charge in [-0.05, 0) is 175 Å². The van der Waals surface area contributed by atoms with Gasteiger partial charge in [-0.3, -0.25) is 0 Å². The Morgan fingerprint density at radius 2 is 0.854 bits per heavy atom. The van der Waals surface area contributed by atoms with Gasteiger partial charge in [0.05, 0.1) is 96.3 Å². The second-order valence-corrected chi connectivity index (χ2v) is 27.1. The zero-order chi connectivity index (χ0) is 94.3. The Balaban J connectivity index is 1.28. The van der Waals surface area contributed by atoms with Gasteiger partial charge in [0.2, 0.25) is 0 Å². The Morgan fingerprint density at radius 3 is 1.48 bits per heavy atom. The summed E-state index contributed by atoms with van der Waals surface area (Å²) >= 11 is 0.423. The maximum Gasteiger partial charge on any atom is 0.252 e. The summed E-state index contributed by atoms with van der Waals surface area (Å²) in [5, 5.41) is -1.56. The second kappa shape index (κ2) is 19.6. The zero-order valence-electron chi connectivity index (χ0n) is 88.2. The van der Waals surface area contributed by atoms with Crippen molar-refractivity contribution in [3.63, 3.8) is 0 Å². The van der Waals surface area contributed by atoms with E-state index in [9.17, 15) is 46.6 Å². The summed E-state index contributed by atoms with van der Waals surface area (Å²) < 4.78 is 383. The average molecular weight is 1210 g/mol. The fourth-order valence-corrected chi connectivity index (χ4v) is 12.6. The molecule has 89 heavy (non-hydrogen) atoms. The highest BCUT2D eigenvalue weighted by molar-refractivity contribution is 7.26. The molecule has 0 amide bonds. The molecule has 3 aliphatic heterocycles. The van der Waals surface area contributed by atoms with E-state index in [0.29, 0.717) is 21.1 Å². The Bertz CT molecular complexity index is 7130. The van der Waals surface area contributed by atoms with E-state index in [0.717, 1.165) is 14.4 Å². The van der Waals surface area contributed by atoms with Crippen molar-refractivity contribution < 1.29 is 52.1 Å². The summed E-state index contributed by atoms with van der Waals surface area (Å²) in [7, 11) is 0. The molecule has 436 valence electrons. The van der Waals surface area contributed by atoms with Gasteiger partial charge in [0, 0.05) is 71.7 Å². The van der Waals surface area contributed by atoms with Crippen LogP contribution < -0.4 is 36.0 Å². The molecule has 16 rings (SSSR count). The van der Waals surface area contributed by atoms with Gasteiger partial charge in [0.15, 0.2) is 0 Å². The van der Waals surface area contributed by atoms with Crippen LogP contribution in [-0.4, -0.2) is 11.3 Å². The van der Waals surface area contributed by atoms with Crippen LogP contribution in [0.3, 0.4) is 0 Å². The van der Waals surface area contributed by atoms with E-state index < -0.39 is 369 Å². The molecule has 0 fully saturated rings. The van der Waals surface area contributed by atoms with Crippen LogP contribution in [0.4, 0.5) is 68.2 Å². The lowest BCUT2D eigenvalue weighted by molar-refractivity contribution is 0.590. The standard InChI is InChI=1S/C82H74BN5S/c1-79(2,3)51-33-38-57(39-34-51)84(58-40-35-52(36-41-58)80(4,5)6)59-42-43-65-70(48-59)86(69-31-21-28-62-61-27-19-20-32-74(61)89-78(62)69)71-49-60(85(55-23-15-13-16-24-55)56-25-17-14-18-26-56)50-72-75(71)83(65)66-29-22-30-68-77(66)88(72)73-47-54(82(10,11)12)46-64-63-45-53(81(7,8)9)37-44-67(63)87(68)76(64)73/h13-50H,1-12H3/i13D,14D,15D,16D,17D,18D,19D,20D,21D,22D,23D,24D,25D,26D,27D,28D,29D,30D,31D,32D,33D,34D,35D,36D,37D,38D,39D,40D,41D,42D,43D,44D,45D,46D,47D,48D,49D,50D. The van der Waals surface area contributed by atoms with E-state index in [-0.39, 0.29) is 43.2 Å². The molecule has 0 spiro atoms. The monoisotopic (exact) mass is 1210 g/mol. The summed E-state index contributed by atoms with van der Waals surface area (Å²) in [5.74, 6) is 0. The first-order chi connectivity index (χ1) is 58.6. The van der Waals surface area contributed by atoms with Crippen LogP contribution in [0.2, 0.25) is 0 Å². The molecule has 0 radical (unpaired) electrons. The normalized spacial score (nSPS) is 19.5. The first-order valence-electron chi connectivity index (χ1n) is 47.6. The third kappa shape index (κ3) is 8.63. The molecule has 0 aliphatic carbocycles. The molecule has 2 aromatic heterocycles. The van der Waals surface area contributed by atoms with Gasteiger partial charge in [-0.25, -0.2) is 0 Å². The van der Waals surface area contributed by atoms with Crippen molar-refractivity contribution >= 4 is 145 Å². The highest BCUT2D eigenvalue weighted by Crippen LogP contribution is 2.56. The highest BCUT2D eigenvalue weighted by Gasteiger charge is 2.47. The largest absolute Gasteiger partial charge is 0.310 e. The van der Waals surface area contributed by atoms with Crippen molar-refractivity contribution in [2.24, 2.45) is 0 Å². The van der Waals surface area contributed by atoms with Gasteiger partial charge in [-0.1, -0.05) is 198 Å². The van der Waals surface area contributed by atoms with Gasteiger partial charge in [0.25, 0.3) is 6.71 Å². The quantitative estimate of drug-likeness (QED) is 0.148. The molecule has 11 aromatic carbocycles. The number of benzene rings is 11. The van der Waals surface area contributed by atoms with E-state index >= 15 is 0 Å². The number of thiophene rings is 1. The fourth-order valence-electron chi connectivity index (χ4n) is 11.6. The first-order valence-corrected chi connectivity index (χ1v) is 29.4. The first kappa shape index (κ1) is 28.0. The minimum atomic E-state index is -2.39. The number of hydrogen-bond acceptors (Lipinski definition) is 5. The predicted molar refractivity (Wildman–Crippen MR) is 385 cm³/mol. The fraction of sp³-hybridized carbons (Fsp3) is 0.195. The van der Waals surface area contributed by atoms with Crippen molar-refractivity contribution in [3.05, 3.63) is 252 Å². The van der Waals surface area contributed by atoms with Crippen molar-refractivity contribution in [1.29, 1.82) is 0 Å². The van der Waals surface area contributed by atoms with Crippen LogP contribution in [0.15, 0.2) is 230 Å². The van der Waals surface area contributed by atoms with Crippen LogP contribution in [0.1, 0.15) is 157 Å². The number of aromatic nitrogens is 1. The van der Waals surface area contributed by atoms with Crippen molar-refractivity contribution in [2.75, 3.05) is 19.6 Å². The second-order valence-electron chi connectivity index (χ2n) is 26.1. The third-order valence-corrected chi connectivity index (χ3v) is 17.1. The Kier molecular flexibility index (Phi) is 6.17. The van der Waals surface area contributed by atoms with Crippen LogP contribution in [0, 0.1) is 0 Å². The van der Waals surface area contributed by atoms with Crippen LogP contribution in [0.5, 0.6) is 0 Å². The molecule has 3 aliphatic rings. The smallest absolute Gasteiger partial charge is 0.252 e. The average Bonchev–Trinajstić information content (AvgIpc) is 1.62. The predicted octanol–water partition coefficient (Wildman–Crippen LogP) is 21.7. The number of nitrogens with zero attached hydrogens (tertiary/aromatic N) is 5. The number of rotatable bonds is 7. The van der Waals surface area contributed by atoms with E-state index in [2.05, 4.69) is 0 Å². The molecule has 0 saturated heterocycles. The van der Waals surface area contributed by atoms with Crippen LogP contribution in [0.25, 0.3) is 47.7 Å². The number of para-hydroxylation sites is 3. The number of fused-ring (bicyclic) bond motifs is 12.